The zero-order chi connectivity index (χ0) is 23.9. The molecule has 16 heteroatoms. The molecule has 0 saturated heterocycles. The first kappa shape index (κ1) is 37.6. The Bertz CT molecular complexity index is 803. The summed E-state index contributed by atoms with van der Waals surface area (Å²) >= 11 is 0. The maximum Gasteiger partial charge on any atom is 1.00 e. The van der Waals surface area contributed by atoms with Crippen LogP contribution in [0.1, 0.15) is 40.0 Å². The molecule has 1 unspecified atom stereocenters. The van der Waals surface area contributed by atoms with Gasteiger partial charge in [0.2, 0.25) is 10.0 Å². The number of hydrogen-bond acceptors (Lipinski definition) is 10. The van der Waals surface area contributed by atoms with Gasteiger partial charge in [0.15, 0.2) is 0 Å². The van der Waals surface area contributed by atoms with Crippen LogP contribution in [0.4, 0.5) is 0 Å². The minimum Gasteiger partial charge on any atom is -0.748 e. The van der Waals surface area contributed by atoms with E-state index < -0.39 is 51.7 Å². The third kappa shape index (κ3) is 42.4. The van der Waals surface area contributed by atoms with Crippen molar-refractivity contribution in [3.05, 3.63) is 0 Å². The van der Waals surface area contributed by atoms with Gasteiger partial charge in [0.25, 0.3) is 0 Å². The van der Waals surface area contributed by atoms with Crippen LogP contribution in [0, 0.1) is 0 Å². The fraction of sp³-hybridized carbons (Fsp3) is 1.00. The van der Waals surface area contributed by atoms with Gasteiger partial charge in [-0.3, -0.25) is 0 Å². The summed E-state index contributed by atoms with van der Waals surface area (Å²) in [5, 5.41) is 8.85. The van der Waals surface area contributed by atoms with Crippen LogP contribution in [-0.4, -0.2) is 91.5 Å². The minimum atomic E-state index is -4.26. The number of nitrogens with one attached hydrogen (secondary N) is 1. The van der Waals surface area contributed by atoms with Gasteiger partial charge in [-0.05, 0) is 19.8 Å². The van der Waals surface area contributed by atoms with Gasteiger partial charge in [-0.15, -0.1) is 0 Å². The maximum atomic E-state index is 11.2. The van der Waals surface area contributed by atoms with Gasteiger partial charge in [-0.2, -0.15) is 0 Å². The van der Waals surface area contributed by atoms with Crippen molar-refractivity contribution in [2.75, 3.05) is 42.1 Å². The Labute approximate surface area is 194 Å². The smallest absolute Gasteiger partial charge is 0.748 e. The summed E-state index contributed by atoms with van der Waals surface area (Å²) < 4.78 is 96.8. The Morgan fingerprint density at radius 3 is 1.40 bits per heavy atom. The monoisotopic (exact) mass is 511 g/mol. The number of aliphatic hydroxyl groups excluding tert-OH is 1. The number of sulfone groups is 2. The SMILES string of the molecule is CC(O)CNS(=O)(=O)CCCS(C)(=O)=O.CCC.CS(=O)(=O)CCCS(=O)(=O)[O-].[Li+]. The van der Waals surface area contributed by atoms with Crippen LogP contribution in [0.25, 0.3) is 0 Å². The number of rotatable bonds is 11. The van der Waals surface area contributed by atoms with Crippen molar-refractivity contribution in [3.63, 3.8) is 0 Å². The Hall–Kier alpha value is 0.277. The molecule has 0 aliphatic heterocycles. The molecule has 0 radical (unpaired) electrons. The standard InChI is InChI=1S/C7H17NO5S2.C4H10O5S2.C3H8.Li/c1-7(9)6-8-15(12,13)5-3-4-14(2,10)11;1-10(5,6)3-2-4-11(7,8)9;1-3-2;/h7-9H,3-6H2,1-2H3;2-4H2,1H3,(H,7,8,9);3H2,1-2H3;/q;;;+1/p-1. The third-order valence-electron chi connectivity index (χ3n) is 2.44. The first-order valence-corrected chi connectivity index (χ1v) is 16.0. The van der Waals surface area contributed by atoms with Crippen LogP contribution >= 0.6 is 0 Å². The van der Waals surface area contributed by atoms with E-state index in [0.29, 0.717) is 0 Å². The molecule has 11 nitrogen and oxygen atoms in total. The Balaban J connectivity index is -0.000000199. The Morgan fingerprint density at radius 2 is 1.13 bits per heavy atom. The van der Waals surface area contributed by atoms with E-state index in [1.165, 1.54) is 13.3 Å². The first-order valence-electron chi connectivity index (χ1n) is 8.69. The number of aliphatic hydroxyl groups is 1. The predicted octanol–water partition coefficient (Wildman–Crippen LogP) is -3.89. The average Bonchev–Trinajstić information content (AvgIpc) is 2.42. The molecule has 0 amide bonds. The fourth-order valence-electron chi connectivity index (χ4n) is 1.33. The second kappa shape index (κ2) is 17.8. The second-order valence-corrected chi connectivity index (χ2v) is 14.4. The molecule has 30 heavy (non-hydrogen) atoms. The molecule has 0 aromatic rings. The van der Waals surface area contributed by atoms with E-state index in [1.807, 2.05) is 0 Å². The summed E-state index contributed by atoms with van der Waals surface area (Å²) in [4.78, 5) is 0. The van der Waals surface area contributed by atoms with Crippen LogP contribution in [-0.2, 0) is 39.8 Å². The molecule has 0 bridgehead atoms. The van der Waals surface area contributed by atoms with Crippen LogP contribution in [0.2, 0.25) is 0 Å². The molecule has 2 N–H and O–H groups in total. The molecule has 0 fully saturated rings. The van der Waals surface area contributed by atoms with Crippen LogP contribution < -0.4 is 23.6 Å². The van der Waals surface area contributed by atoms with Gasteiger partial charge >= 0.3 is 18.9 Å². The second-order valence-electron chi connectivity index (χ2n) is 6.45. The van der Waals surface area contributed by atoms with Crippen LogP contribution in [0.5, 0.6) is 0 Å². The fourth-order valence-corrected chi connectivity index (χ4v) is 4.69. The van der Waals surface area contributed by atoms with E-state index in [4.69, 9.17) is 5.11 Å². The average molecular weight is 512 g/mol. The largest absolute Gasteiger partial charge is 1.00 e. The van der Waals surface area contributed by atoms with Gasteiger partial charge < -0.3 is 9.66 Å². The molecular formula is C14H34LiNO10S4. The summed E-state index contributed by atoms with van der Waals surface area (Å²) in [6.45, 7) is 5.65. The topological polar surface area (TPSA) is 192 Å². The number of sulfonamides is 1. The first-order chi connectivity index (χ1) is 12.7. The maximum absolute atomic E-state index is 11.2. The van der Waals surface area contributed by atoms with Crippen molar-refractivity contribution in [1.82, 2.24) is 4.72 Å². The van der Waals surface area contributed by atoms with E-state index in [0.717, 1.165) is 12.5 Å². The normalized spacial score (nSPS) is 13.0. The molecule has 1 atom stereocenters. The molecule has 0 spiro atoms. The molecule has 180 valence electrons. The van der Waals surface area contributed by atoms with Gasteiger partial charge in [-0.1, -0.05) is 20.3 Å². The van der Waals surface area contributed by atoms with Crippen molar-refractivity contribution in [2.45, 2.75) is 46.1 Å². The van der Waals surface area contributed by atoms with E-state index in [1.54, 1.807) is 0 Å². The zero-order valence-corrected chi connectivity index (χ0v) is 21.8. The van der Waals surface area contributed by atoms with Crippen LogP contribution in [0.15, 0.2) is 0 Å². The Morgan fingerprint density at radius 1 is 0.800 bits per heavy atom. The predicted molar refractivity (Wildman–Crippen MR) is 113 cm³/mol. The minimum absolute atomic E-state index is 0. The van der Waals surface area contributed by atoms with Gasteiger partial charge in [0.1, 0.15) is 19.7 Å². The van der Waals surface area contributed by atoms with Gasteiger partial charge in [0, 0.05) is 24.8 Å². The van der Waals surface area contributed by atoms with E-state index in [9.17, 15) is 38.2 Å². The summed E-state index contributed by atoms with van der Waals surface area (Å²) in [6.07, 6.45) is 2.49. The Kier molecular flexibility index (Phi) is 22.3. The van der Waals surface area contributed by atoms with Gasteiger partial charge in [0.05, 0.1) is 33.5 Å². The molecule has 0 aromatic carbocycles. The third-order valence-corrected chi connectivity index (χ3v) is 6.72. The van der Waals surface area contributed by atoms with E-state index in [2.05, 4.69) is 18.6 Å². The number of hydrogen-bond donors (Lipinski definition) is 2. The molecule has 0 saturated carbocycles. The quantitative estimate of drug-likeness (QED) is 0.205. The molecule has 0 aromatic heterocycles. The summed E-state index contributed by atoms with van der Waals surface area (Å²) in [7, 11) is -14.0. The molecule has 0 rings (SSSR count). The van der Waals surface area contributed by atoms with Crippen molar-refractivity contribution in [3.8, 4) is 0 Å². The van der Waals surface area contributed by atoms with Crippen LogP contribution in [0.3, 0.4) is 0 Å². The molecular weight excluding hydrogens is 477 g/mol. The zero-order valence-electron chi connectivity index (χ0n) is 18.5. The van der Waals surface area contributed by atoms with Crippen molar-refractivity contribution < 1.29 is 62.2 Å². The van der Waals surface area contributed by atoms with Crippen molar-refractivity contribution in [1.29, 1.82) is 0 Å². The summed E-state index contributed by atoms with van der Waals surface area (Å²) in [5.74, 6) is -1.26. The van der Waals surface area contributed by atoms with Crippen molar-refractivity contribution in [2.24, 2.45) is 0 Å². The summed E-state index contributed by atoms with van der Waals surface area (Å²) in [6, 6.07) is 0. The molecule has 0 aliphatic carbocycles. The van der Waals surface area contributed by atoms with E-state index in [-0.39, 0.29) is 55.5 Å². The summed E-state index contributed by atoms with van der Waals surface area (Å²) in [5.41, 5.74) is 0. The molecule has 0 heterocycles. The van der Waals surface area contributed by atoms with Crippen molar-refractivity contribution >= 4 is 39.8 Å². The van der Waals surface area contributed by atoms with Gasteiger partial charge in [-0.25, -0.2) is 38.4 Å². The molecule has 0 aliphatic rings. The van der Waals surface area contributed by atoms with E-state index >= 15 is 0 Å².